The van der Waals surface area contributed by atoms with Crippen LogP contribution in [0.25, 0.3) is 0 Å². The van der Waals surface area contributed by atoms with Crippen molar-refractivity contribution >= 4 is 11.3 Å². The van der Waals surface area contributed by atoms with E-state index < -0.39 is 0 Å². The number of benzene rings is 1. The molecule has 1 fully saturated rings. The summed E-state index contributed by atoms with van der Waals surface area (Å²) in [6, 6.07) is 11.0. The van der Waals surface area contributed by atoms with E-state index >= 15 is 0 Å². The van der Waals surface area contributed by atoms with Gasteiger partial charge in [-0.05, 0) is 24.9 Å². The first kappa shape index (κ1) is 14.7. The molecule has 1 N–H and O–H groups in total. The van der Waals surface area contributed by atoms with Crippen LogP contribution in [-0.2, 0) is 12.0 Å². The lowest BCUT2D eigenvalue weighted by molar-refractivity contribution is 0.344. The molecule has 1 aliphatic rings. The molecular weight excluding hydrogens is 276 g/mol. The molecule has 0 amide bonds. The molecule has 2 aromatic rings. The molecule has 1 heterocycles. The van der Waals surface area contributed by atoms with E-state index in [9.17, 15) is 0 Å². The van der Waals surface area contributed by atoms with Crippen molar-refractivity contribution in [3.8, 4) is 0 Å². The van der Waals surface area contributed by atoms with Crippen molar-refractivity contribution in [1.29, 1.82) is 0 Å². The van der Waals surface area contributed by atoms with Crippen molar-refractivity contribution in [2.45, 2.75) is 51.0 Å². The predicted octanol–water partition coefficient (Wildman–Crippen LogP) is 4.50. The van der Waals surface area contributed by atoms with Crippen molar-refractivity contribution in [1.82, 2.24) is 10.3 Å². The van der Waals surface area contributed by atoms with Crippen molar-refractivity contribution in [2.75, 3.05) is 6.54 Å². The van der Waals surface area contributed by atoms with Crippen LogP contribution in [0.15, 0.2) is 35.7 Å². The van der Waals surface area contributed by atoms with E-state index in [0.29, 0.717) is 0 Å². The summed E-state index contributed by atoms with van der Waals surface area (Å²) in [5.41, 5.74) is 2.81. The second-order valence-corrected chi connectivity index (χ2v) is 6.79. The van der Waals surface area contributed by atoms with E-state index in [2.05, 4.69) is 48.0 Å². The molecule has 3 rings (SSSR count). The Kier molecular flexibility index (Phi) is 4.71. The number of aromatic nitrogens is 1. The highest BCUT2D eigenvalue weighted by Crippen LogP contribution is 2.45. The zero-order valence-electron chi connectivity index (χ0n) is 12.8. The Morgan fingerprint density at radius 1 is 1.14 bits per heavy atom. The minimum Gasteiger partial charge on any atom is -0.311 e. The molecule has 0 spiro atoms. The summed E-state index contributed by atoms with van der Waals surface area (Å²) in [6.07, 6.45) is 6.48. The third-order valence-corrected chi connectivity index (χ3v) is 5.65. The monoisotopic (exact) mass is 300 g/mol. The van der Waals surface area contributed by atoms with Crippen LogP contribution >= 0.6 is 11.3 Å². The minimum atomic E-state index is 0.161. The third kappa shape index (κ3) is 3.04. The standard InChI is InChI=1S/C18H24N2S/c1-2-19-13-16-14-21-17(20-16)18(11-7-4-8-12-18)15-9-5-3-6-10-15/h3,5-6,9-10,14,19H,2,4,7-8,11-13H2,1H3. The van der Waals surface area contributed by atoms with Gasteiger partial charge in [-0.3, -0.25) is 0 Å². The van der Waals surface area contributed by atoms with Crippen LogP contribution in [0.5, 0.6) is 0 Å². The molecule has 1 aromatic carbocycles. The molecule has 3 heteroatoms. The Labute approximate surface area is 131 Å². The van der Waals surface area contributed by atoms with Crippen molar-refractivity contribution < 1.29 is 0 Å². The number of hydrogen-bond donors (Lipinski definition) is 1. The van der Waals surface area contributed by atoms with Gasteiger partial charge in [0.05, 0.1) is 5.69 Å². The highest BCUT2D eigenvalue weighted by molar-refractivity contribution is 7.09. The van der Waals surface area contributed by atoms with Crippen LogP contribution in [0.3, 0.4) is 0 Å². The van der Waals surface area contributed by atoms with Crippen LogP contribution in [0.2, 0.25) is 0 Å². The zero-order chi connectivity index (χ0) is 14.5. The molecule has 0 bridgehead atoms. The predicted molar refractivity (Wildman–Crippen MR) is 89.8 cm³/mol. The molecule has 21 heavy (non-hydrogen) atoms. The first-order chi connectivity index (χ1) is 10.3. The van der Waals surface area contributed by atoms with Crippen LogP contribution in [0.1, 0.15) is 55.3 Å². The average molecular weight is 300 g/mol. The second kappa shape index (κ2) is 6.71. The number of nitrogens with one attached hydrogen (secondary N) is 1. The van der Waals surface area contributed by atoms with Gasteiger partial charge in [-0.25, -0.2) is 4.98 Å². The highest BCUT2D eigenvalue weighted by Gasteiger charge is 2.38. The van der Waals surface area contributed by atoms with Gasteiger partial charge in [0.15, 0.2) is 0 Å². The summed E-state index contributed by atoms with van der Waals surface area (Å²) in [4.78, 5) is 4.98. The summed E-state index contributed by atoms with van der Waals surface area (Å²) >= 11 is 1.85. The van der Waals surface area contributed by atoms with Gasteiger partial charge in [0.25, 0.3) is 0 Å². The van der Waals surface area contributed by atoms with E-state index in [-0.39, 0.29) is 5.41 Å². The lowest BCUT2D eigenvalue weighted by atomic mass is 9.70. The lowest BCUT2D eigenvalue weighted by Crippen LogP contribution is -2.30. The quantitative estimate of drug-likeness (QED) is 0.879. The molecular formula is C18H24N2S. The van der Waals surface area contributed by atoms with Crippen LogP contribution < -0.4 is 5.32 Å². The Morgan fingerprint density at radius 3 is 2.62 bits per heavy atom. The van der Waals surface area contributed by atoms with Crippen molar-refractivity contribution in [3.63, 3.8) is 0 Å². The van der Waals surface area contributed by atoms with Gasteiger partial charge in [0.1, 0.15) is 5.01 Å². The third-order valence-electron chi connectivity index (χ3n) is 4.55. The van der Waals surface area contributed by atoms with Gasteiger partial charge in [-0.2, -0.15) is 0 Å². The summed E-state index contributed by atoms with van der Waals surface area (Å²) in [6.45, 7) is 4.02. The maximum atomic E-state index is 4.98. The van der Waals surface area contributed by atoms with E-state index in [0.717, 1.165) is 13.1 Å². The Morgan fingerprint density at radius 2 is 1.90 bits per heavy atom. The fourth-order valence-electron chi connectivity index (χ4n) is 3.40. The SMILES string of the molecule is CCNCc1csc(C2(c3ccccc3)CCCCC2)n1. The molecule has 0 radical (unpaired) electrons. The minimum absolute atomic E-state index is 0.161. The topological polar surface area (TPSA) is 24.9 Å². The number of nitrogens with zero attached hydrogens (tertiary/aromatic N) is 1. The molecule has 1 aliphatic carbocycles. The molecule has 0 atom stereocenters. The van der Waals surface area contributed by atoms with Gasteiger partial charge >= 0.3 is 0 Å². The van der Waals surface area contributed by atoms with Crippen LogP contribution in [-0.4, -0.2) is 11.5 Å². The number of hydrogen-bond acceptors (Lipinski definition) is 3. The average Bonchev–Trinajstić information content (AvgIpc) is 3.04. The first-order valence-electron chi connectivity index (χ1n) is 8.06. The van der Waals surface area contributed by atoms with Gasteiger partial charge < -0.3 is 5.32 Å². The summed E-state index contributed by atoms with van der Waals surface area (Å²) in [5.74, 6) is 0. The molecule has 0 aliphatic heterocycles. The summed E-state index contributed by atoms with van der Waals surface area (Å²) < 4.78 is 0. The zero-order valence-corrected chi connectivity index (χ0v) is 13.6. The van der Waals surface area contributed by atoms with E-state index in [1.807, 2.05) is 11.3 Å². The number of rotatable bonds is 5. The maximum Gasteiger partial charge on any atom is 0.103 e. The fraction of sp³-hybridized carbons (Fsp3) is 0.500. The van der Waals surface area contributed by atoms with Gasteiger partial charge in [0, 0.05) is 17.3 Å². The van der Waals surface area contributed by atoms with Crippen LogP contribution in [0, 0.1) is 0 Å². The maximum absolute atomic E-state index is 4.98. The Bertz CT molecular complexity index is 556. The van der Waals surface area contributed by atoms with E-state index in [1.165, 1.54) is 48.4 Å². The Balaban J connectivity index is 1.94. The molecule has 0 unspecified atom stereocenters. The largest absolute Gasteiger partial charge is 0.311 e. The molecule has 0 saturated heterocycles. The summed E-state index contributed by atoms with van der Waals surface area (Å²) in [7, 11) is 0. The second-order valence-electron chi connectivity index (χ2n) is 5.93. The molecule has 1 aromatic heterocycles. The van der Waals surface area contributed by atoms with Crippen molar-refractivity contribution in [2.24, 2.45) is 0 Å². The van der Waals surface area contributed by atoms with Gasteiger partial charge in [-0.15, -0.1) is 11.3 Å². The fourth-order valence-corrected chi connectivity index (χ4v) is 4.50. The molecule has 1 saturated carbocycles. The van der Waals surface area contributed by atoms with Gasteiger partial charge in [-0.1, -0.05) is 56.5 Å². The van der Waals surface area contributed by atoms with Gasteiger partial charge in [0.2, 0.25) is 0 Å². The normalized spacial score (nSPS) is 17.8. The Hall–Kier alpha value is -1.19. The number of thiazole rings is 1. The summed E-state index contributed by atoms with van der Waals surface area (Å²) in [5, 5.41) is 6.93. The molecule has 2 nitrogen and oxygen atoms in total. The highest BCUT2D eigenvalue weighted by atomic mass is 32.1. The smallest absolute Gasteiger partial charge is 0.103 e. The van der Waals surface area contributed by atoms with E-state index in [4.69, 9.17) is 4.98 Å². The van der Waals surface area contributed by atoms with Crippen LogP contribution in [0.4, 0.5) is 0 Å². The van der Waals surface area contributed by atoms with E-state index in [1.54, 1.807) is 0 Å². The first-order valence-corrected chi connectivity index (χ1v) is 8.94. The molecule has 112 valence electrons. The lowest BCUT2D eigenvalue weighted by Gasteiger charge is -2.36. The van der Waals surface area contributed by atoms with Crippen molar-refractivity contribution in [3.05, 3.63) is 52.0 Å².